The van der Waals surface area contributed by atoms with Crippen molar-refractivity contribution in [2.75, 3.05) is 23.1 Å². The van der Waals surface area contributed by atoms with Crippen LogP contribution in [0.3, 0.4) is 0 Å². The molecular weight excluding hydrogens is 383 g/mol. The molecule has 2 N–H and O–H groups in total. The molecule has 0 aliphatic carbocycles. The minimum Gasteiger partial charge on any atom is -0.492 e. The molecule has 0 unspecified atom stereocenters. The molecule has 0 spiro atoms. The SMILES string of the molecule is O=S(=O)(C1=CC2=C(O)N(c3cccc(F)c3)NN2c2ccccc21)N1CCC1. The zero-order valence-electron chi connectivity index (χ0n) is 14.7. The summed E-state index contributed by atoms with van der Waals surface area (Å²) in [4.78, 5) is 0.142. The molecule has 2 aromatic carbocycles. The van der Waals surface area contributed by atoms with Gasteiger partial charge >= 0.3 is 0 Å². The minimum absolute atomic E-state index is 0.142. The Labute approximate surface area is 161 Å². The van der Waals surface area contributed by atoms with Crippen molar-refractivity contribution < 1.29 is 17.9 Å². The highest BCUT2D eigenvalue weighted by molar-refractivity contribution is 7.98. The van der Waals surface area contributed by atoms with E-state index in [1.165, 1.54) is 33.6 Å². The van der Waals surface area contributed by atoms with Crippen LogP contribution in [0.1, 0.15) is 12.0 Å². The number of nitrogens with zero attached hydrogens (tertiary/aromatic N) is 3. The van der Waals surface area contributed by atoms with Gasteiger partial charge in [0.15, 0.2) is 0 Å². The maximum Gasteiger partial charge on any atom is 0.243 e. The molecule has 3 aliphatic rings. The molecule has 144 valence electrons. The number of anilines is 2. The predicted molar refractivity (Wildman–Crippen MR) is 104 cm³/mol. The highest BCUT2D eigenvalue weighted by Gasteiger charge is 2.40. The number of rotatable bonds is 3. The van der Waals surface area contributed by atoms with E-state index in [1.54, 1.807) is 35.3 Å². The van der Waals surface area contributed by atoms with Crippen molar-refractivity contribution in [2.45, 2.75) is 6.42 Å². The van der Waals surface area contributed by atoms with Crippen molar-refractivity contribution in [3.63, 3.8) is 0 Å². The Morgan fingerprint density at radius 3 is 2.54 bits per heavy atom. The Morgan fingerprint density at radius 2 is 1.82 bits per heavy atom. The molecule has 0 saturated carbocycles. The van der Waals surface area contributed by atoms with E-state index in [1.807, 2.05) is 0 Å². The summed E-state index contributed by atoms with van der Waals surface area (Å²) in [7, 11) is -3.67. The first-order chi connectivity index (χ1) is 13.5. The zero-order valence-corrected chi connectivity index (χ0v) is 15.5. The van der Waals surface area contributed by atoms with E-state index in [2.05, 4.69) is 5.53 Å². The molecule has 1 saturated heterocycles. The van der Waals surface area contributed by atoms with Crippen LogP contribution >= 0.6 is 0 Å². The van der Waals surface area contributed by atoms with Crippen LogP contribution in [0.2, 0.25) is 0 Å². The number of para-hydroxylation sites is 1. The van der Waals surface area contributed by atoms with Crippen molar-refractivity contribution in [1.29, 1.82) is 0 Å². The van der Waals surface area contributed by atoms with Crippen LogP contribution < -0.4 is 15.6 Å². The van der Waals surface area contributed by atoms with Crippen LogP contribution in [-0.2, 0) is 10.0 Å². The molecule has 1 fully saturated rings. The third-order valence-electron chi connectivity index (χ3n) is 5.06. The lowest BCUT2D eigenvalue weighted by molar-refractivity contribution is 0.314. The summed E-state index contributed by atoms with van der Waals surface area (Å²) in [6.07, 6.45) is 2.29. The molecule has 5 rings (SSSR count). The Morgan fingerprint density at radius 1 is 1.04 bits per heavy atom. The smallest absolute Gasteiger partial charge is 0.243 e. The van der Waals surface area contributed by atoms with Crippen molar-refractivity contribution >= 4 is 26.3 Å². The quantitative estimate of drug-likeness (QED) is 0.825. The van der Waals surface area contributed by atoms with Gasteiger partial charge in [-0.3, -0.25) is 5.01 Å². The average Bonchev–Trinajstić information content (AvgIpc) is 2.96. The number of hydrazine groups is 2. The second-order valence-electron chi connectivity index (χ2n) is 6.74. The summed E-state index contributed by atoms with van der Waals surface area (Å²) >= 11 is 0. The van der Waals surface area contributed by atoms with E-state index in [-0.39, 0.29) is 16.5 Å². The Bertz CT molecular complexity index is 1140. The van der Waals surface area contributed by atoms with Crippen molar-refractivity contribution in [3.05, 3.63) is 77.6 Å². The fourth-order valence-electron chi connectivity index (χ4n) is 3.48. The lowest BCUT2D eigenvalue weighted by Crippen LogP contribution is -2.44. The third-order valence-corrected chi connectivity index (χ3v) is 7.00. The molecule has 28 heavy (non-hydrogen) atoms. The molecule has 3 heterocycles. The normalized spacial score (nSPS) is 19.2. The molecular formula is C19H17FN4O3S. The van der Waals surface area contributed by atoms with Gasteiger partial charge in [0.25, 0.3) is 0 Å². The molecule has 0 amide bonds. The summed E-state index contributed by atoms with van der Waals surface area (Å²) in [5.74, 6) is -0.657. The van der Waals surface area contributed by atoms with Crippen LogP contribution in [0.4, 0.5) is 15.8 Å². The summed E-state index contributed by atoms with van der Waals surface area (Å²) < 4.78 is 41.2. The van der Waals surface area contributed by atoms with E-state index in [0.717, 1.165) is 6.42 Å². The fourth-order valence-corrected chi connectivity index (χ4v) is 5.21. The average molecular weight is 400 g/mol. The topological polar surface area (TPSA) is 76.1 Å². The van der Waals surface area contributed by atoms with Gasteiger partial charge in [-0.05, 0) is 36.8 Å². The van der Waals surface area contributed by atoms with E-state index < -0.39 is 15.8 Å². The second-order valence-corrected chi connectivity index (χ2v) is 8.65. The lowest BCUT2D eigenvalue weighted by Gasteiger charge is -2.34. The summed E-state index contributed by atoms with van der Waals surface area (Å²) in [5.41, 5.74) is 4.79. The Balaban J connectivity index is 1.66. The number of hydrogen-bond acceptors (Lipinski definition) is 6. The molecule has 0 bridgehead atoms. The van der Waals surface area contributed by atoms with E-state index >= 15 is 0 Å². The van der Waals surface area contributed by atoms with Crippen molar-refractivity contribution in [1.82, 2.24) is 9.84 Å². The molecule has 3 aliphatic heterocycles. The molecule has 7 nitrogen and oxygen atoms in total. The third kappa shape index (κ3) is 2.44. The summed E-state index contributed by atoms with van der Waals surface area (Å²) in [6, 6.07) is 12.8. The molecule has 0 atom stereocenters. The van der Waals surface area contributed by atoms with Gasteiger partial charge in [0.1, 0.15) is 11.5 Å². The summed E-state index contributed by atoms with van der Waals surface area (Å²) in [5, 5.41) is 13.7. The lowest BCUT2D eigenvalue weighted by atomic mass is 10.1. The first-order valence-electron chi connectivity index (χ1n) is 8.83. The van der Waals surface area contributed by atoms with Crippen molar-refractivity contribution in [3.8, 4) is 0 Å². The van der Waals surface area contributed by atoms with Gasteiger partial charge < -0.3 is 5.11 Å². The fraction of sp³-hybridized carbons (Fsp3) is 0.158. The number of nitrogens with one attached hydrogen (secondary N) is 1. The molecule has 0 radical (unpaired) electrons. The van der Waals surface area contributed by atoms with Gasteiger partial charge in [0, 0.05) is 18.7 Å². The monoisotopic (exact) mass is 400 g/mol. The molecule has 2 aromatic rings. The number of aliphatic hydroxyl groups is 1. The van der Waals surface area contributed by atoms with Gasteiger partial charge in [-0.25, -0.2) is 17.8 Å². The maximum atomic E-state index is 13.6. The molecule has 9 heteroatoms. The number of hydrogen-bond donors (Lipinski definition) is 2. The standard InChI is InChI=1S/C19H17FN4O3S/c20-13-5-3-6-14(11-13)23-19(25)17-12-18(28(26,27)22-9-4-10-22)15-7-1-2-8-16(15)24(17)21-23/h1-3,5-8,11-12,21,25H,4,9-10H2. The van der Waals surface area contributed by atoms with Gasteiger partial charge in [0.05, 0.1) is 16.3 Å². The minimum atomic E-state index is -3.67. The van der Waals surface area contributed by atoms with Crippen LogP contribution in [-0.4, -0.2) is 30.9 Å². The van der Waals surface area contributed by atoms with Crippen LogP contribution in [0.15, 0.2) is 66.2 Å². The number of halogens is 1. The van der Waals surface area contributed by atoms with E-state index in [0.29, 0.717) is 30.0 Å². The summed E-state index contributed by atoms with van der Waals surface area (Å²) in [6.45, 7) is 0.981. The largest absolute Gasteiger partial charge is 0.492 e. The zero-order chi connectivity index (χ0) is 19.5. The van der Waals surface area contributed by atoms with Crippen LogP contribution in [0.25, 0.3) is 4.91 Å². The highest BCUT2D eigenvalue weighted by atomic mass is 32.2. The number of fused-ring (bicyclic) bond motifs is 3. The highest BCUT2D eigenvalue weighted by Crippen LogP contribution is 2.42. The Hall–Kier alpha value is -2.88. The van der Waals surface area contributed by atoms with Gasteiger partial charge in [0.2, 0.25) is 15.9 Å². The van der Waals surface area contributed by atoms with Gasteiger partial charge in [-0.1, -0.05) is 24.3 Å². The van der Waals surface area contributed by atoms with E-state index in [9.17, 15) is 17.9 Å². The van der Waals surface area contributed by atoms with Crippen molar-refractivity contribution in [2.24, 2.45) is 0 Å². The first-order valence-corrected chi connectivity index (χ1v) is 10.3. The Kier molecular flexibility index (Phi) is 3.73. The maximum absolute atomic E-state index is 13.6. The van der Waals surface area contributed by atoms with Crippen LogP contribution in [0.5, 0.6) is 0 Å². The first kappa shape index (κ1) is 17.2. The second kappa shape index (κ2) is 6.06. The van der Waals surface area contributed by atoms with Gasteiger partial charge in [-0.15, -0.1) is 5.53 Å². The number of benzene rings is 2. The van der Waals surface area contributed by atoms with Crippen LogP contribution in [0, 0.1) is 5.82 Å². The van der Waals surface area contributed by atoms with E-state index in [4.69, 9.17) is 0 Å². The predicted octanol–water partition coefficient (Wildman–Crippen LogP) is 2.69. The number of aliphatic hydroxyl groups excluding tert-OH is 1. The number of sulfonamides is 1. The molecule has 0 aromatic heterocycles. The number of allylic oxidation sites excluding steroid dienone is 1. The van der Waals surface area contributed by atoms with Gasteiger partial charge in [-0.2, -0.15) is 4.31 Å².